The average Bonchev–Trinajstić information content (AvgIpc) is 2.78. The quantitative estimate of drug-likeness (QED) is 0.129. The molecule has 0 aliphatic rings. The molecule has 30 heteroatoms. The number of rotatable bonds is 10. The van der Waals surface area contributed by atoms with Gasteiger partial charge in [-0.15, -0.1) is 0 Å². The molecule has 4 nitrogen and oxygen atoms in total. The number of carbonyl (C=O) groups excluding carboxylic acids is 2. The van der Waals surface area contributed by atoms with Crippen LogP contribution in [0.2, 0.25) is 0 Å². The van der Waals surface area contributed by atoms with Crippen LogP contribution in [0.5, 0.6) is 0 Å². The fourth-order valence-electron chi connectivity index (χ4n) is 2.24. The molecule has 0 rings (SSSR count). The van der Waals surface area contributed by atoms with Crippen LogP contribution in [0.3, 0.4) is 0 Å². The molecule has 0 amide bonds. The lowest BCUT2D eigenvalue weighted by molar-refractivity contribution is -0.464. The molecule has 0 saturated carbocycles. The van der Waals surface area contributed by atoms with Crippen LogP contribution >= 0.6 is 0 Å². The summed E-state index contributed by atoms with van der Waals surface area (Å²) in [5.41, 5.74) is 0. The van der Waals surface area contributed by atoms with E-state index in [2.05, 4.69) is 0 Å². The molecule has 0 fully saturated rings. The molecule has 2 atom stereocenters. The molecule has 0 radical (unpaired) electrons. The molecule has 0 N–H and O–H groups in total. The van der Waals surface area contributed by atoms with Gasteiger partial charge in [0.05, 0.1) is 0 Å². The van der Waals surface area contributed by atoms with Crippen LogP contribution in [0, 0.1) is 0 Å². The normalized spacial score (nSPS) is 18.2. The van der Waals surface area contributed by atoms with Gasteiger partial charge in [-0.1, -0.05) is 0 Å². The molecule has 0 aromatic heterocycles. The smallest absolute Gasteiger partial charge is 0.411 e. The van der Waals surface area contributed by atoms with Crippen LogP contribution in [-0.4, -0.2) is 83.9 Å². The van der Waals surface area contributed by atoms with Crippen LogP contribution in [0.15, 0.2) is 12.2 Å². The van der Waals surface area contributed by atoms with Crippen molar-refractivity contribution in [2.75, 3.05) is 0 Å². The first kappa shape index (κ1) is 42.9. The van der Waals surface area contributed by atoms with Gasteiger partial charge in [0.1, 0.15) is 0 Å². The summed E-state index contributed by atoms with van der Waals surface area (Å²) in [6, 6.07) is 0. The van der Waals surface area contributed by atoms with Crippen LogP contribution in [0.4, 0.5) is 114 Å². The van der Waals surface area contributed by atoms with Gasteiger partial charge in [-0.05, 0) is 0 Å². The second-order valence-corrected chi connectivity index (χ2v) is 7.80. The summed E-state index contributed by atoms with van der Waals surface area (Å²) in [7, 11) is 0. The zero-order valence-corrected chi connectivity index (χ0v) is 19.6. The first-order valence-electron chi connectivity index (χ1n) is 9.55. The maximum atomic E-state index is 14.0. The van der Waals surface area contributed by atoms with Crippen molar-refractivity contribution in [3.8, 4) is 0 Å². The number of carbonyl (C=O) groups is 2. The summed E-state index contributed by atoms with van der Waals surface area (Å²) < 4.78 is 340. The van der Waals surface area contributed by atoms with Gasteiger partial charge in [-0.2, -0.15) is 114 Å². The molecular formula is C16H2F26O4. The fourth-order valence-corrected chi connectivity index (χ4v) is 2.24. The van der Waals surface area contributed by atoms with Gasteiger partial charge in [-0.25, -0.2) is 9.59 Å². The molecule has 0 aliphatic heterocycles. The molecule has 0 heterocycles. The Hall–Kier alpha value is -3.14. The lowest BCUT2D eigenvalue weighted by Crippen LogP contribution is -2.72. The van der Waals surface area contributed by atoms with Gasteiger partial charge in [0, 0.05) is 12.2 Å². The predicted octanol–water partition coefficient (Wildman–Crippen LogP) is 8.02. The molecule has 46 heavy (non-hydrogen) atoms. The summed E-state index contributed by atoms with van der Waals surface area (Å²) >= 11 is 0. The Morgan fingerprint density at radius 3 is 0.652 bits per heavy atom. The minimum absolute atomic E-state index is 1.77. The third-order valence-corrected chi connectivity index (χ3v) is 4.66. The third-order valence-electron chi connectivity index (χ3n) is 4.66. The Morgan fingerprint density at radius 2 is 0.500 bits per heavy atom. The fraction of sp³-hybridized carbons (Fsp3) is 0.750. The Kier molecular flexibility index (Phi) is 10.5. The van der Waals surface area contributed by atoms with E-state index in [1.54, 1.807) is 0 Å². The lowest BCUT2D eigenvalue weighted by Gasteiger charge is -2.40. The summed E-state index contributed by atoms with van der Waals surface area (Å²) in [6.07, 6.45) is -35.5. The van der Waals surface area contributed by atoms with Crippen molar-refractivity contribution in [1.82, 2.24) is 0 Å². The van der Waals surface area contributed by atoms with Crippen LogP contribution in [0.25, 0.3) is 0 Å². The van der Waals surface area contributed by atoms with E-state index < -0.39 is 96.0 Å². The van der Waals surface area contributed by atoms with Gasteiger partial charge in [0.15, 0.2) is 0 Å². The van der Waals surface area contributed by atoms with E-state index in [1.807, 2.05) is 9.47 Å². The van der Waals surface area contributed by atoms with Crippen molar-refractivity contribution in [1.29, 1.82) is 0 Å². The molecule has 272 valence electrons. The Balaban J connectivity index is 6.78. The van der Waals surface area contributed by atoms with Gasteiger partial charge in [0.2, 0.25) is 0 Å². The van der Waals surface area contributed by atoms with Crippen molar-refractivity contribution in [3.63, 3.8) is 0 Å². The molecule has 0 aromatic carbocycles. The maximum Gasteiger partial charge on any atom is 0.467 e. The number of halogens is 26. The Labute approximate surface area is 230 Å². The standard InChI is InChI=1S/C16H2F26O4/c17-5(18,9(25,26)13(31,32)33)7(21,22)11(29,15(37,38)39)45-3(43)1-2-4(44)46-12(30,16(40,41)42)8(23,24)6(19,20)10(27,28)14(34,35)36/h1-2H. The summed E-state index contributed by atoms with van der Waals surface area (Å²) in [5.74, 6) is -75.3. The molecular weight excluding hydrogens is 750 g/mol. The highest BCUT2D eigenvalue weighted by Crippen LogP contribution is 2.62. The zero-order valence-electron chi connectivity index (χ0n) is 19.6. The molecule has 0 saturated heterocycles. The van der Waals surface area contributed by atoms with Crippen LogP contribution in [-0.2, 0) is 19.1 Å². The highest BCUT2D eigenvalue weighted by atomic mass is 19.4. The van der Waals surface area contributed by atoms with Gasteiger partial charge in [0.25, 0.3) is 0 Å². The van der Waals surface area contributed by atoms with Crippen molar-refractivity contribution >= 4 is 11.9 Å². The maximum absolute atomic E-state index is 14.0. The Bertz CT molecular complexity index is 1080. The number of hydrogen-bond donors (Lipinski definition) is 0. The minimum Gasteiger partial charge on any atom is -0.411 e. The summed E-state index contributed by atoms with van der Waals surface area (Å²) in [5, 5.41) is 0. The largest absolute Gasteiger partial charge is 0.467 e. The van der Waals surface area contributed by atoms with Crippen LogP contribution < -0.4 is 0 Å². The van der Waals surface area contributed by atoms with Crippen LogP contribution in [0.1, 0.15) is 0 Å². The lowest BCUT2D eigenvalue weighted by atomic mass is 9.96. The number of hydrogen-bond acceptors (Lipinski definition) is 4. The third kappa shape index (κ3) is 6.26. The number of esters is 2. The summed E-state index contributed by atoms with van der Waals surface area (Å²) in [6.45, 7) is 0. The molecule has 0 aliphatic carbocycles. The van der Waals surface area contributed by atoms with Gasteiger partial charge >= 0.3 is 83.9 Å². The highest BCUT2D eigenvalue weighted by Gasteiger charge is 2.93. The van der Waals surface area contributed by atoms with Gasteiger partial charge in [-0.3, -0.25) is 0 Å². The predicted molar refractivity (Wildman–Crippen MR) is 82.9 cm³/mol. The molecule has 2 unspecified atom stereocenters. The van der Waals surface area contributed by atoms with Crippen molar-refractivity contribution in [2.45, 2.75) is 72.0 Å². The van der Waals surface area contributed by atoms with E-state index >= 15 is 0 Å². The first-order chi connectivity index (χ1) is 19.5. The van der Waals surface area contributed by atoms with E-state index in [0.717, 1.165) is 0 Å². The van der Waals surface area contributed by atoms with E-state index in [-0.39, 0.29) is 0 Å². The molecule has 0 aromatic rings. The van der Waals surface area contributed by atoms with Crippen molar-refractivity contribution in [3.05, 3.63) is 12.2 Å². The monoisotopic (exact) mass is 752 g/mol. The summed E-state index contributed by atoms with van der Waals surface area (Å²) in [4.78, 5) is 22.3. The Morgan fingerprint density at radius 1 is 0.304 bits per heavy atom. The first-order valence-corrected chi connectivity index (χ1v) is 9.55. The topological polar surface area (TPSA) is 52.6 Å². The molecule has 0 spiro atoms. The number of alkyl halides is 26. The van der Waals surface area contributed by atoms with Crippen molar-refractivity contribution in [2.24, 2.45) is 0 Å². The van der Waals surface area contributed by atoms with E-state index in [9.17, 15) is 124 Å². The number of ether oxygens (including phenoxy) is 2. The SMILES string of the molecule is O=C(C=CC(=O)OC(F)(C(F)(F)F)C(F)(F)C(F)(F)C(F)(F)C(F)(F)F)OC(F)(C(F)(F)F)C(F)(F)C(F)(F)C(F)(F)C(F)(F)F. The molecule has 0 bridgehead atoms. The zero-order chi connectivity index (χ0) is 38.0. The van der Waals surface area contributed by atoms with Gasteiger partial charge < -0.3 is 9.47 Å². The minimum atomic E-state index is -8.61. The van der Waals surface area contributed by atoms with E-state index in [1.165, 1.54) is 0 Å². The van der Waals surface area contributed by atoms with E-state index in [0.29, 0.717) is 0 Å². The second-order valence-electron chi connectivity index (χ2n) is 7.80. The second kappa shape index (κ2) is 11.2. The van der Waals surface area contributed by atoms with Crippen molar-refractivity contribution < 1.29 is 133 Å². The van der Waals surface area contributed by atoms with E-state index in [4.69, 9.17) is 0 Å². The highest BCUT2D eigenvalue weighted by molar-refractivity contribution is 5.92. The average molecular weight is 752 g/mol.